The maximum absolute atomic E-state index is 13.6. The van der Waals surface area contributed by atoms with E-state index in [1.165, 1.54) is 11.3 Å². The first-order valence-electron chi connectivity index (χ1n) is 9.99. The van der Waals surface area contributed by atoms with Gasteiger partial charge in [0, 0.05) is 17.1 Å². The Labute approximate surface area is 183 Å². The maximum atomic E-state index is 13.6. The van der Waals surface area contributed by atoms with Crippen LogP contribution in [0.25, 0.3) is 10.2 Å². The van der Waals surface area contributed by atoms with Gasteiger partial charge in [-0.2, -0.15) is 0 Å². The Balaban J connectivity index is 1.52. The number of carbonyl (C=O) groups excluding carboxylic acids is 1. The van der Waals surface area contributed by atoms with Gasteiger partial charge in [-0.1, -0.05) is 17.4 Å². The summed E-state index contributed by atoms with van der Waals surface area (Å²) in [5, 5.41) is 0.696. The first kappa shape index (κ1) is 19.7. The van der Waals surface area contributed by atoms with E-state index in [1.54, 1.807) is 34.9 Å². The molecule has 1 saturated heterocycles. The van der Waals surface area contributed by atoms with Crippen LogP contribution >= 0.6 is 23.1 Å². The van der Waals surface area contributed by atoms with E-state index >= 15 is 0 Å². The Morgan fingerprint density at radius 3 is 2.87 bits per heavy atom. The topological polar surface area (TPSA) is 60.9 Å². The Kier molecular flexibility index (Phi) is 5.54. The molecule has 3 heterocycles. The zero-order valence-corrected chi connectivity index (χ0v) is 18.3. The second-order valence-corrected chi connectivity index (χ2v) is 9.07. The first-order valence-corrected chi connectivity index (χ1v) is 12.0. The fourth-order valence-corrected chi connectivity index (χ4v) is 5.39. The van der Waals surface area contributed by atoms with Gasteiger partial charge in [-0.25, -0.2) is 4.98 Å². The molecule has 2 aromatic carbocycles. The lowest BCUT2D eigenvalue weighted by molar-refractivity contribution is 0.0916. The third-order valence-corrected chi connectivity index (χ3v) is 7.08. The molecule has 1 unspecified atom stereocenters. The molecule has 2 aliphatic rings. The van der Waals surface area contributed by atoms with Gasteiger partial charge >= 0.3 is 0 Å². The quantitative estimate of drug-likeness (QED) is 0.538. The summed E-state index contributed by atoms with van der Waals surface area (Å²) in [5.74, 6) is 1.18. The number of para-hydroxylation sites is 1. The zero-order chi connectivity index (χ0) is 20.5. The molecule has 0 saturated carbocycles. The fourth-order valence-electron chi connectivity index (χ4n) is 3.76. The Morgan fingerprint density at radius 2 is 2.07 bits per heavy atom. The van der Waals surface area contributed by atoms with Crippen molar-refractivity contribution in [1.82, 2.24) is 4.98 Å². The van der Waals surface area contributed by atoms with Crippen molar-refractivity contribution in [3.63, 3.8) is 0 Å². The summed E-state index contributed by atoms with van der Waals surface area (Å²) in [6, 6.07) is 11.5. The van der Waals surface area contributed by atoms with Crippen LogP contribution in [-0.2, 0) is 4.74 Å². The van der Waals surface area contributed by atoms with Crippen molar-refractivity contribution in [1.29, 1.82) is 0 Å². The molecule has 0 N–H and O–H groups in total. The number of benzene rings is 2. The summed E-state index contributed by atoms with van der Waals surface area (Å²) < 4.78 is 18.2. The van der Waals surface area contributed by atoms with Crippen molar-refractivity contribution in [2.45, 2.75) is 23.8 Å². The molecule has 1 aromatic heterocycles. The van der Waals surface area contributed by atoms with Gasteiger partial charge in [-0.05, 0) is 49.4 Å². The van der Waals surface area contributed by atoms with Crippen LogP contribution in [0.3, 0.4) is 0 Å². The summed E-state index contributed by atoms with van der Waals surface area (Å²) in [4.78, 5) is 21.3. The van der Waals surface area contributed by atoms with Gasteiger partial charge in [0.2, 0.25) is 0 Å². The minimum atomic E-state index is -0.104. The van der Waals surface area contributed by atoms with Crippen molar-refractivity contribution < 1.29 is 19.0 Å². The second-order valence-electron chi connectivity index (χ2n) is 7.21. The van der Waals surface area contributed by atoms with Gasteiger partial charge in [0.1, 0.15) is 13.2 Å². The molecule has 3 aromatic rings. The third-order valence-electron chi connectivity index (χ3n) is 5.27. The monoisotopic (exact) mass is 442 g/mol. The Morgan fingerprint density at radius 1 is 1.20 bits per heavy atom. The highest BCUT2D eigenvalue weighted by Crippen LogP contribution is 2.36. The number of anilines is 1. The van der Waals surface area contributed by atoms with E-state index in [0.717, 1.165) is 34.6 Å². The average molecular weight is 443 g/mol. The predicted octanol–water partition coefficient (Wildman–Crippen LogP) is 4.62. The van der Waals surface area contributed by atoms with Crippen LogP contribution in [0.5, 0.6) is 11.5 Å². The molecule has 5 rings (SSSR count). The Hall–Kier alpha value is -2.29. The minimum Gasteiger partial charge on any atom is -0.486 e. The van der Waals surface area contributed by atoms with Crippen molar-refractivity contribution in [2.75, 3.05) is 37.5 Å². The zero-order valence-electron chi connectivity index (χ0n) is 16.6. The number of hydrogen-bond acceptors (Lipinski definition) is 7. The number of aromatic nitrogens is 1. The molecule has 0 aliphatic carbocycles. The molecule has 8 heteroatoms. The molecular formula is C22H22N2O4S2. The summed E-state index contributed by atoms with van der Waals surface area (Å²) in [7, 11) is 0. The number of thiazole rings is 1. The molecule has 6 nitrogen and oxygen atoms in total. The molecule has 1 atom stereocenters. The highest BCUT2D eigenvalue weighted by atomic mass is 32.2. The number of hydrogen-bond donors (Lipinski definition) is 0. The van der Waals surface area contributed by atoms with Gasteiger partial charge in [0.25, 0.3) is 5.91 Å². The third kappa shape index (κ3) is 3.75. The second kappa shape index (κ2) is 8.45. The van der Waals surface area contributed by atoms with E-state index in [4.69, 9.17) is 19.2 Å². The van der Waals surface area contributed by atoms with E-state index in [-0.39, 0.29) is 12.0 Å². The molecule has 30 heavy (non-hydrogen) atoms. The van der Waals surface area contributed by atoms with Gasteiger partial charge in [0.05, 0.1) is 22.9 Å². The predicted molar refractivity (Wildman–Crippen MR) is 119 cm³/mol. The van der Waals surface area contributed by atoms with Crippen molar-refractivity contribution in [2.24, 2.45) is 0 Å². The van der Waals surface area contributed by atoms with E-state index in [0.29, 0.717) is 42.0 Å². The molecular weight excluding hydrogens is 420 g/mol. The van der Waals surface area contributed by atoms with Crippen LogP contribution in [-0.4, -0.2) is 49.6 Å². The molecule has 0 spiro atoms. The summed E-state index contributed by atoms with van der Waals surface area (Å²) >= 11 is 3.20. The molecule has 0 bridgehead atoms. The highest BCUT2D eigenvalue weighted by molar-refractivity contribution is 7.98. The number of nitrogens with zero attached hydrogens (tertiary/aromatic N) is 2. The lowest BCUT2D eigenvalue weighted by Gasteiger charge is -2.24. The molecule has 1 fully saturated rings. The van der Waals surface area contributed by atoms with Gasteiger partial charge in [-0.15, -0.1) is 11.8 Å². The number of rotatable bonds is 5. The number of fused-ring (bicyclic) bond motifs is 2. The Bertz CT molecular complexity index is 1080. The smallest absolute Gasteiger partial charge is 0.260 e. The molecule has 1 amide bonds. The van der Waals surface area contributed by atoms with Crippen LogP contribution in [0, 0.1) is 0 Å². The van der Waals surface area contributed by atoms with Crippen LogP contribution in [0.1, 0.15) is 23.2 Å². The SMILES string of the molecule is CSc1cccc2sc(N(CC3CCCO3)C(=O)c3ccc4c(c3)OCCO4)nc12. The largest absolute Gasteiger partial charge is 0.486 e. The first-order chi connectivity index (χ1) is 14.7. The number of ether oxygens (including phenoxy) is 3. The van der Waals surface area contributed by atoms with Gasteiger partial charge in [0.15, 0.2) is 16.6 Å². The minimum absolute atomic E-state index is 0.0261. The van der Waals surface area contributed by atoms with Crippen LogP contribution in [0.2, 0.25) is 0 Å². The maximum Gasteiger partial charge on any atom is 0.260 e. The van der Waals surface area contributed by atoms with E-state index in [9.17, 15) is 4.79 Å². The summed E-state index contributed by atoms with van der Waals surface area (Å²) in [6.45, 7) is 2.24. The fraction of sp³-hybridized carbons (Fsp3) is 0.364. The molecule has 156 valence electrons. The lowest BCUT2D eigenvalue weighted by Crippen LogP contribution is -2.37. The lowest BCUT2D eigenvalue weighted by atomic mass is 10.1. The highest BCUT2D eigenvalue weighted by Gasteiger charge is 2.28. The van der Waals surface area contributed by atoms with Crippen LogP contribution in [0.4, 0.5) is 5.13 Å². The number of thioether (sulfide) groups is 1. The molecule has 0 radical (unpaired) electrons. The summed E-state index contributed by atoms with van der Waals surface area (Å²) in [6.07, 6.45) is 4.04. The van der Waals surface area contributed by atoms with Crippen molar-refractivity contribution >= 4 is 44.4 Å². The van der Waals surface area contributed by atoms with E-state index in [1.807, 2.05) is 12.3 Å². The van der Waals surface area contributed by atoms with Crippen molar-refractivity contribution in [3.05, 3.63) is 42.0 Å². The number of carbonyl (C=O) groups is 1. The summed E-state index contributed by atoms with van der Waals surface area (Å²) in [5.41, 5.74) is 1.50. The van der Waals surface area contributed by atoms with E-state index < -0.39 is 0 Å². The van der Waals surface area contributed by atoms with E-state index in [2.05, 4.69) is 12.1 Å². The molecule has 2 aliphatic heterocycles. The van der Waals surface area contributed by atoms with Crippen molar-refractivity contribution in [3.8, 4) is 11.5 Å². The average Bonchev–Trinajstić information content (AvgIpc) is 3.46. The normalized spacial score (nSPS) is 18.0. The number of amides is 1. The van der Waals surface area contributed by atoms with Gasteiger partial charge in [-0.3, -0.25) is 9.69 Å². The van der Waals surface area contributed by atoms with Gasteiger partial charge < -0.3 is 14.2 Å². The van der Waals surface area contributed by atoms with Crippen LogP contribution < -0.4 is 14.4 Å². The standard InChI is InChI=1S/C22H22N2O4S2/c1-29-18-5-2-6-19-20(18)23-22(30-19)24(13-15-4-3-9-26-15)21(25)14-7-8-16-17(12-14)28-11-10-27-16/h2,5-8,12,15H,3-4,9-11,13H2,1H3. The van der Waals surface area contributed by atoms with Crippen LogP contribution in [0.15, 0.2) is 41.3 Å².